The fourth-order valence-corrected chi connectivity index (χ4v) is 6.05. The van der Waals surface area contributed by atoms with Crippen LogP contribution in [0, 0.1) is 29.4 Å². The maximum atomic E-state index is 14.8. The van der Waals surface area contributed by atoms with Crippen LogP contribution in [0.3, 0.4) is 0 Å². The second kappa shape index (κ2) is 9.45. The Balaban J connectivity index is 1.61. The van der Waals surface area contributed by atoms with Gasteiger partial charge in [0.05, 0.1) is 11.5 Å². The van der Waals surface area contributed by atoms with Crippen molar-refractivity contribution in [1.29, 1.82) is 0 Å². The van der Waals surface area contributed by atoms with Gasteiger partial charge in [-0.15, -0.1) is 0 Å². The molecule has 2 aromatic rings. The molecular weight excluding hydrogens is 470 g/mol. The average molecular weight is 505 g/mol. The number of halogens is 3. The van der Waals surface area contributed by atoms with Crippen LogP contribution in [0.2, 0.25) is 5.02 Å². The lowest BCUT2D eigenvalue weighted by molar-refractivity contribution is -0.152. The van der Waals surface area contributed by atoms with Gasteiger partial charge in [0.2, 0.25) is 5.91 Å². The number of hydrogen-bond acceptors (Lipinski definition) is 3. The van der Waals surface area contributed by atoms with Gasteiger partial charge in [0, 0.05) is 60.6 Å². The van der Waals surface area contributed by atoms with Crippen LogP contribution in [0.5, 0.6) is 0 Å². The molecule has 0 radical (unpaired) electrons. The maximum Gasteiger partial charge on any atom is 0.227 e. The third kappa shape index (κ3) is 4.85. The Morgan fingerprint density at radius 1 is 1.00 bits per heavy atom. The largest absolute Gasteiger partial charge is 0.384 e. The first-order valence-electron chi connectivity index (χ1n) is 12.3. The summed E-state index contributed by atoms with van der Waals surface area (Å²) in [6.07, 6.45) is 0. The summed E-state index contributed by atoms with van der Waals surface area (Å²) in [5.41, 5.74) is -0.106. The first kappa shape index (κ1) is 26.1. The van der Waals surface area contributed by atoms with E-state index >= 15 is 0 Å². The fourth-order valence-electron chi connectivity index (χ4n) is 5.92. The molecule has 0 spiro atoms. The molecule has 1 N–H and O–H groups in total. The van der Waals surface area contributed by atoms with Crippen LogP contribution in [0.25, 0.3) is 0 Å². The van der Waals surface area contributed by atoms with E-state index in [-0.39, 0.29) is 29.2 Å². The van der Waals surface area contributed by atoms with Gasteiger partial charge in [0.1, 0.15) is 11.6 Å². The molecule has 2 heterocycles. The van der Waals surface area contributed by atoms with Crippen molar-refractivity contribution in [2.45, 2.75) is 51.7 Å². The molecule has 4 nitrogen and oxygen atoms in total. The highest BCUT2D eigenvalue weighted by molar-refractivity contribution is 6.30. The normalized spacial score (nSPS) is 30.0. The van der Waals surface area contributed by atoms with E-state index in [4.69, 9.17) is 11.6 Å². The average Bonchev–Trinajstić information content (AvgIpc) is 3.23. The van der Waals surface area contributed by atoms with Crippen molar-refractivity contribution < 1.29 is 18.7 Å². The zero-order valence-electron chi connectivity index (χ0n) is 21.1. The summed E-state index contributed by atoms with van der Waals surface area (Å²) in [6, 6.07) is 10.9. The third-order valence-corrected chi connectivity index (χ3v) is 8.31. The number of nitrogens with zero attached hydrogens (tertiary/aromatic N) is 2. The lowest BCUT2D eigenvalue weighted by Gasteiger charge is -2.48. The molecule has 2 fully saturated rings. The molecule has 35 heavy (non-hydrogen) atoms. The molecule has 190 valence electrons. The Hall–Kier alpha value is -2.02. The van der Waals surface area contributed by atoms with E-state index in [1.54, 1.807) is 12.1 Å². The molecule has 2 aliphatic rings. The molecule has 0 aromatic heterocycles. The highest BCUT2D eigenvalue weighted by Crippen LogP contribution is 2.44. The summed E-state index contributed by atoms with van der Waals surface area (Å²) in [6.45, 7) is 12.0. The molecule has 2 unspecified atom stereocenters. The van der Waals surface area contributed by atoms with Crippen LogP contribution in [-0.2, 0) is 10.4 Å². The molecule has 1 amide bonds. The number of rotatable bonds is 3. The van der Waals surface area contributed by atoms with Crippen molar-refractivity contribution in [1.82, 2.24) is 9.80 Å². The van der Waals surface area contributed by atoms with Gasteiger partial charge in [-0.2, -0.15) is 0 Å². The second-order valence-electron chi connectivity index (χ2n) is 11.3. The van der Waals surface area contributed by atoms with Gasteiger partial charge in [-0.3, -0.25) is 9.69 Å². The number of benzene rings is 2. The molecule has 4 rings (SSSR count). The molecule has 2 aromatic carbocycles. The third-order valence-electron chi connectivity index (χ3n) is 8.06. The van der Waals surface area contributed by atoms with E-state index < -0.39 is 23.2 Å². The minimum absolute atomic E-state index is 0.0395. The zero-order valence-corrected chi connectivity index (χ0v) is 21.8. The first-order chi connectivity index (χ1) is 16.3. The van der Waals surface area contributed by atoms with Crippen LogP contribution in [0.15, 0.2) is 42.5 Å². The topological polar surface area (TPSA) is 43.8 Å². The molecule has 0 saturated carbocycles. The molecular formula is C28H35ClF2N2O2. The Morgan fingerprint density at radius 2 is 1.60 bits per heavy atom. The van der Waals surface area contributed by atoms with Gasteiger partial charge in [-0.05, 0) is 50.1 Å². The number of hydrogen-bond donors (Lipinski definition) is 1. The molecule has 7 heteroatoms. The van der Waals surface area contributed by atoms with Crippen LogP contribution in [-0.4, -0.2) is 52.5 Å². The number of piperidine rings is 1. The van der Waals surface area contributed by atoms with Gasteiger partial charge in [-0.1, -0.05) is 43.6 Å². The highest BCUT2D eigenvalue weighted by atomic mass is 35.5. The Labute approximate surface area is 211 Å². The smallest absolute Gasteiger partial charge is 0.227 e. The van der Waals surface area contributed by atoms with Gasteiger partial charge >= 0.3 is 0 Å². The van der Waals surface area contributed by atoms with Crippen molar-refractivity contribution in [2.75, 3.05) is 26.2 Å². The van der Waals surface area contributed by atoms with Crippen molar-refractivity contribution in [3.63, 3.8) is 0 Å². The van der Waals surface area contributed by atoms with Crippen LogP contribution >= 0.6 is 11.6 Å². The number of carbonyl (C=O) groups excluding carboxylic acids is 1. The maximum absolute atomic E-state index is 14.8. The van der Waals surface area contributed by atoms with E-state index in [1.807, 2.05) is 30.9 Å². The Morgan fingerprint density at radius 3 is 2.14 bits per heavy atom. The van der Waals surface area contributed by atoms with Crippen molar-refractivity contribution >= 4 is 17.5 Å². The minimum Gasteiger partial charge on any atom is -0.384 e. The van der Waals surface area contributed by atoms with Crippen LogP contribution < -0.4 is 0 Å². The number of carbonyl (C=O) groups is 1. The predicted molar refractivity (Wildman–Crippen MR) is 134 cm³/mol. The molecule has 2 saturated heterocycles. The summed E-state index contributed by atoms with van der Waals surface area (Å²) in [5.74, 6) is -2.52. The monoisotopic (exact) mass is 504 g/mol. The summed E-state index contributed by atoms with van der Waals surface area (Å²) >= 11 is 6.05. The zero-order chi connectivity index (χ0) is 25.7. The highest BCUT2D eigenvalue weighted by Gasteiger charge is 2.50. The van der Waals surface area contributed by atoms with Crippen molar-refractivity contribution in [3.8, 4) is 0 Å². The first-order valence-corrected chi connectivity index (χ1v) is 12.7. The molecule has 4 atom stereocenters. The van der Waals surface area contributed by atoms with Gasteiger partial charge in [0.25, 0.3) is 0 Å². The molecule has 0 aliphatic carbocycles. The summed E-state index contributed by atoms with van der Waals surface area (Å²) in [5, 5.41) is 12.3. The molecule has 0 bridgehead atoms. The van der Waals surface area contributed by atoms with E-state index in [0.29, 0.717) is 36.8 Å². The number of likely N-dealkylation sites (tertiary alicyclic amines) is 2. The molecule has 2 aliphatic heterocycles. The van der Waals surface area contributed by atoms with E-state index in [1.165, 1.54) is 12.1 Å². The van der Waals surface area contributed by atoms with Gasteiger partial charge in [-0.25, -0.2) is 8.78 Å². The lowest BCUT2D eigenvalue weighted by Crippen LogP contribution is -2.57. The second-order valence-corrected chi connectivity index (χ2v) is 11.8. The number of aliphatic hydroxyl groups is 1. The predicted octanol–water partition coefficient (Wildman–Crippen LogP) is 5.43. The minimum atomic E-state index is -1.09. The quantitative estimate of drug-likeness (QED) is 0.605. The van der Waals surface area contributed by atoms with Crippen molar-refractivity contribution in [3.05, 3.63) is 70.2 Å². The standard InChI is InChI=1S/C28H35ClF2N2O2/c1-17-13-32(14-18(2)28(17,35)19-6-8-20(29)9-7-19)26(34)24-16-33(27(3,4)5)15-23(24)22-11-10-21(30)12-25(22)31/h6-12,17-18,23-24,35H,13-16H2,1-5H3/t17?,18?,23-,24+,28?/m0/s1. The Bertz CT molecular complexity index is 1070. The van der Waals surface area contributed by atoms with Crippen LogP contribution in [0.1, 0.15) is 51.7 Å². The summed E-state index contributed by atoms with van der Waals surface area (Å²) in [7, 11) is 0. The lowest BCUT2D eigenvalue weighted by atomic mass is 9.70. The van der Waals surface area contributed by atoms with E-state index in [2.05, 4.69) is 25.7 Å². The van der Waals surface area contributed by atoms with E-state index in [0.717, 1.165) is 11.6 Å². The van der Waals surface area contributed by atoms with E-state index in [9.17, 15) is 18.7 Å². The fraction of sp³-hybridized carbons (Fsp3) is 0.536. The van der Waals surface area contributed by atoms with Crippen LogP contribution in [0.4, 0.5) is 8.78 Å². The summed E-state index contributed by atoms with van der Waals surface area (Å²) in [4.78, 5) is 17.9. The van der Waals surface area contributed by atoms with Gasteiger partial charge < -0.3 is 10.0 Å². The van der Waals surface area contributed by atoms with Crippen molar-refractivity contribution in [2.24, 2.45) is 17.8 Å². The Kier molecular flexibility index (Phi) is 7.04. The van der Waals surface area contributed by atoms with Gasteiger partial charge in [0.15, 0.2) is 0 Å². The summed E-state index contributed by atoms with van der Waals surface area (Å²) < 4.78 is 28.4. The number of amides is 1. The SMILES string of the molecule is CC1CN(C(=O)[C@@H]2CN(C(C)(C)C)C[C@H]2c2ccc(F)cc2F)CC(C)C1(O)c1ccc(Cl)cc1.